The molecule has 0 amide bonds. The second-order valence-electron chi connectivity index (χ2n) is 4.65. The minimum atomic E-state index is 0.0841. The van der Waals surface area contributed by atoms with Gasteiger partial charge >= 0.3 is 0 Å². The van der Waals surface area contributed by atoms with E-state index in [0.717, 1.165) is 20.9 Å². The van der Waals surface area contributed by atoms with Gasteiger partial charge in [-0.1, -0.05) is 18.2 Å². The number of hydrogen-bond acceptors (Lipinski definition) is 5. The maximum Gasteiger partial charge on any atom is 0.129 e. The van der Waals surface area contributed by atoms with E-state index in [4.69, 9.17) is 10.5 Å². The Balaban J connectivity index is 2.14. The molecule has 22 heavy (non-hydrogen) atoms. The molecule has 0 radical (unpaired) electrons. The fourth-order valence-electron chi connectivity index (χ4n) is 1.73. The molecule has 0 unspecified atom stereocenters. The van der Waals surface area contributed by atoms with E-state index in [1.807, 2.05) is 38.4 Å². The molecule has 4 nitrogen and oxygen atoms in total. The van der Waals surface area contributed by atoms with Crippen LogP contribution in [0.3, 0.4) is 0 Å². The predicted molar refractivity (Wildman–Crippen MR) is 91.4 cm³/mol. The molecule has 0 saturated heterocycles. The van der Waals surface area contributed by atoms with E-state index in [1.54, 1.807) is 35.6 Å². The summed E-state index contributed by atoms with van der Waals surface area (Å²) in [5.41, 5.74) is 2.22. The van der Waals surface area contributed by atoms with Crippen LogP contribution in [0.1, 0.15) is 5.01 Å². The summed E-state index contributed by atoms with van der Waals surface area (Å²) in [5.74, 6) is 0. The largest absolute Gasteiger partial charge is 0.378 e. The van der Waals surface area contributed by atoms with Gasteiger partial charge in [0.2, 0.25) is 0 Å². The number of benzene rings is 1. The number of allylic oxidation sites excluding steroid dienone is 5. The third kappa shape index (κ3) is 3.82. The van der Waals surface area contributed by atoms with Crippen LogP contribution < -0.4 is 4.90 Å². The maximum atomic E-state index is 8.60. The third-order valence-corrected chi connectivity index (χ3v) is 3.85. The fourth-order valence-corrected chi connectivity index (χ4v) is 2.65. The van der Waals surface area contributed by atoms with E-state index in [1.165, 1.54) is 6.08 Å². The Morgan fingerprint density at radius 2 is 1.95 bits per heavy atom. The zero-order chi connectivity index (χ0) is 15.9. The highest BCUT2D eigenvalue weighted by Gasteiger charge is 2.03. The van der Waals surface area contributed by atoms with Crippen molar-refractivity contribution < 1.29 is 0 Å². The second-order valence-corrected chi connectivity index (χ2v) is 5.71. The first kappa shape index (κ1) is 15.5. The number of thiazole rings is 1. The lowest BCUT2D eigenvalue weighted by Crippen LogP contribution is -2.07. The quantitative estimate of drug-likeness (QED) is 0.634. The molecule has 0 N–H and O–H groups in total. The van der Waals surface area contributed by atoms with Gasteiger partial charge in [0.15, 0.2) is 0 Å². The molecule has 0 aliphatic rings. The average Bonchev–Trinajstić information content (AvgIpc) is 2.92. The van der Waals surface area contributed by atoms with Crippen LogP contribution in [0.4, 0.5) is 5.69 Å². The topological polar surface area (TPSA) is 63.7 Å². The van der Waals surface area contributed by atoms with Crippen LogP contribution in [-0.4, -0.2) is 19.1 Å². The molecule has 0 fully saturated rings. The lowest BCUT2D eigenvalue weighted by atomic mass is 10.3. The normalized spacial score (nSPS) is 10.7. The van der Waals surface area contributed by atoms with Gasteiger partial charge < -0.3 is 4.90 Å². The first-order chi connectivity index (χ1) is 10.6. The summed E-state index contributed by atoms with van der Waals surface area (Å²) in [6.07, 6.45) is 8.66. The summed E-state index contributed by atoms with van der Waals surface area (Å²) in [6.45, 7) is 0. The Labute approximate surface area is 133 Å². The molecule has 5 heteroatoms. The lowest BCUT2D eigenvalue weighted by Gasteiger charge is -2.11. The monoisotopic (exact) mass is 306 g/mol. The van der Waals surface area contributed by atoms with Gasteiger partial charge in [-0.15, -0.1) is 11.3 Å². The first-order valence-electron chi connectivity index (χ1n) is 6.57. The third-order valence-electron chi connectivity index (χ3n) is 2.87. The van der Waals surface area contributed by atoms with Crippen LogP contribution in [0.5, 0.6) is 0 Å². The molecule has 2 rings (SSSR count). The summed E-state index contributed by atoms with van der Waals surface area (Å²) in [6, 6.07) is 9.79. The van der Waals surface area contributed by atoms with Crippen LogP contribution in [0.2, 0.25) is 0 Å². The smallest absolute Gasteiger partial charge is 0.129 e. The first-order valence-corrected chi connectivity index (χ1v) is 7.39. The van der Waals surface area contributed by atoms with Gasteiger partial charge in [0.25, 0.3) is 0 Å². The number of nitrogens with zero attached hydrogens (tertiary/aromatic N) is 4. The van der Waals surface area contributed by atoms with Crippen molar-refractivity contribution in [3.05, 3.63) is 53.1 Å². The molecule has 0 atom stereocenters. The highest BCUT2D eigenvalue weighted by molar-refractivity contribution is 7.19. The van der Waals surface area contributed by atoms with E-state index in [9.17, 15) is 0 Å². The molecule has 1 aromatic heterocycles. The van der Waals surface area contributed by atoms with Crippen LogP contribution in [0.25, 0.3) is 16.3 Å². The van der Waals surface area contributed by atoms with Gasteiger partial charge in [0.1, 0.15) is 22.7 Å². The van der Waals surface area contributed by atoms with Gasteiger partial charge in [-0.05, 0) is 30.4 Å². The Kier molecular flexibility index (Phi) is 5.08. The van der Waals surface area contributed by atoms with Crippen LogP contribution >= 0.6 is 11.3 Å². The van der Waals surface area contributed by atoms with Crippen molar-refractivity contribution in [2.24, 2.45) is 0 Å². The number of rotatable bonds is 4. The summed E-state index contributed by atoms with van der Waals surface area (Å²) >= 11 is 1.62. The molecule has 0 saturated carbocycles. The van der Waals surface area contributed by atoms with E-state index in [2.05, 4.69) is 16.0 Å². The van der Waals surface area contributed by atoms with Crippen LogP contribution in [0, 0.1) is 22.7 Å². The standard InChI is InChI=1S/C17H14N4S/c1-21(2)14-8-9-15-16(10-14)22-17(20-15)7-5-3-4-6-13(11-18)12-19/h3-10H,1-2H3. The fraction of sp³-hybridized carbons (Fsp3) is 0.118. The molecule has 2 aromatic rings. The van der Waals surface area contributed by atoms with Crippen molar-refractivity contribution in [3.63, 3.8) is 0 Å². The second kappa shape index (κ2) is 7.21. The lowest BCUT2D eigenvalue weighted by molar-refractivity contribution is 1.14. The van der Waals surface area contributed by atoms with Gasteiger partial charge in [-0.2, -0.15) is 10.5 Å². The Hall–Kier alpha value is -2.89. The molecule has 1 aromatic carbocycles. The molecule has 0 bridgehead atoms. The number of hydrogen-bond donors (Lipinski definition) is 0. The van der Waals surface area contributed by atoms with Crippen molar-refractivity contribution in [1.29, 1.82) is 10.5 Å². The van der Waals surface area contributed by atoms with Crippen LogP contribution in [-0.2, 0) is 0 Å². The highest BCUT2D eigenvalue weighted by atomic mass is 32.1. The van der Waals surface area contributed by atoms with E-state index in [0.29, 0.717) is 0 Å². The van der Waals surface area contributed by atoms with Gasteiger partial charge in [0.05, 0.1) is 10.2 Å². The molecular weight excluding hydrogens is 292 g/mol. The molecule has 0 spiro atoms. The number of anilines is 1. The minimum Gasteiger partial charge on any atom is -0.378 e. The Bertz CT molecular complexity index is 826. The molecule has 1 heterocycles. The van der Waals surface area contributed by atoms with Gasteiger partial charge in [0, 0.05) is 19.8 Å². The zero-order valence-electron chi connectivity index (χ0n) is 12.3. The Morgan fingerprint density at radius 3 is 2.64 bits per heavy atom. The molecule has 0 aliphatic heterocycles. The summed E-state index contributed by atoms with van der Waals surface area (Å²) in [4.78, 5) is 6.60. The zero-order valence-corrected chi connectivity index (χ0v) is 13.1. The Morgan fingerprint density at radius 1 is 1.18 bits per heavy atom. The van der Waals surface area contributed by atoms with Gasteiger partial charge in [-0.25, -0.2) is 4.98 Å². The van der Waals surface area contributed by atoms with Crippen molar-refractivity contribution in [1.82, 2.24) is 4.98 Å². The average molecular weight is 306 g/mol. The SMILES string of the molecule is CN(C)c1ccc2nc(C=CC=CC=C(C#N)C#N)sc2c1. The van der Waals surface area contributed by atoms with Crippen molar-refractivity contribution in [3.8, 4) is 12.1 Å². The van der Waals surface area contributed by atoms with E-state index >= 15 is 0 Å². The molecule has 108 valence electrons. The summed E-state index contributed by atoms with van der Waals surface area (Å²) in [7, 11) is 4.02. The number of fused-ring (bicyclic) bond motifs is 1. The highest BCUT2D eigenvalue weighted by Crippen LogP contribution is 2.26. The number of aromatic nitrogens is 1. The minimum absolute atomic E-state index is 0.0841. The van der Waals surface area contributed by atoms with Crippen LogP contribution in [0.15, 0.2) is 48.1 Å². The van der Waals surface area contributed by atoms with E-state index in [-0.39, 0.29) is 5.57 Å². The van der Waals surface area contributed by atoms with Crippen molar-refractivity contribution in [2.75, 3.05) is 19.0 Å². The summed E-state index contributed by atoms with van der Waals surface area (Å²) in [5, 5.41) is 18.1. The number of nitriles is 2. The summed E-state index contributed by atoms with van der Waals surface area (Å²) < 4.78 is 1.14. The van der Waals surface area contributed by atoms with E-state index < -0.39 is 0 Å². The van der Waals surface area contributed by atoms with Crippen molar-refractivity contribution in [2.45, 2.75) is 0 Å². The molecular formula is C17H14N4S. The van der Waals surface area contributed by atoms with Gasteiger partial charge in [-0.3, -0.25) is 0 Å². The van der Waals surface area contributed by atoms with Crippen molar-refractivity contribution >= 4 is 33.3 Å². The molecule has 0 aliphatic carbocycles. The maximum absolute atomic E-state index is 8.60. The predicted octanol–water partition coefficient (Wildman–Crippen LogP) is 3.91.